The van der Waals surface area contributed by atoms with Gasteiger partial charge in [0.05, 0.1) is 12.3 Å². The zero-order valence-electron chi connectivity index (χ0n) is 9.48. The van der Waals surface area contributed by atoms with Gasteiger partial charge in [-0.15, -0.1) is 0 Å². The van der Waals surface area contributed by atoms with E-state index in [-0.39, 0.29) is 24.2 Å². The number of carbonyl (C=O) groups excluding carboxylic acids is 1. The highest BCUT2D eigenvalue weighted by Crippen LogP contribution is 2.25. The molecule has 5 heteroatoms. The third-order valence-electron chi connectivity index (χ3n) is 3.57. The van der Waals surface area contributed by atoms with Crippen LogP contribution in [0, 0.1) is 17.8 Å². The molecule has 90 valence electrons. The van der Waals surface area contributed by atoms with Gasteiger partial charge >= 0.3 is 5.97 Å². The van der Waals surface area contributed by atoms with Gasteiger partial charge in [0, 0.05) is 25.6 Å². The molecule has 0 aromatic carbocycles. The zero-order valence-corrected chi connectivity index (χ0v) is 9.48. The molecule has 5 nitrogen and oxygen atoms in total. The minimum atomic E-state index is -0.770. The van der Waals surface area contributed by atoms with Gasteiger partial charge in [0.2, 0.25) is 5.91 Å². The van der Waals surface area contributed by atoms with Crippen LogP contribution >= 0.6 is 0 Å². The smallest absolute Gasteiger partial charge is 0.303 e. The lowest BCUT2D eigenvalue weighted by Crippen LogP contribution is -2.53. The van der Waals surface area contributed by atoms with Gasteiger partial charge in [0.1, 0.15) is 0 Å². The number of likely N-dealkylation sites (tertiary alicyclic amines) is 1. The van der Waals surface area contributed by atoms with Crippen LogP contribution in [-0.4, -0.2) is 48.1 Å². The molecule has 16 heavy (non-hydrogen) atoms. The number of amides is 1. The Balaban J connectivity index is 1.79. The van der Waals surface area contributed by atoms with Crippen molar-refractivity contribution in [3.8, 4) is 0 Å². The predicted octanol–water partition coefficient (Wildman–Crippen LogP) is -0.225. The molecule has 0 saturated carbocycles. The van der Waals surface area contributed by atoms with Crippen LogP contribution in [0.25, 0.3) is 0 Å². The van der Waals surface area contributed by atoms with Crippen molar-refractivity contribution in [2.75, 3.05) is 26.2 Å². The van der Waals surface area contributed by atoms with Crippen molar-refractivity contribution in [2.45, 2.75) is 13.3 Å². The summed E-state index contributed by atoms with van der Waals surface area (Å²) in [6, 6.07) is 0. The molecule has 0 aromatic heterocycles. The maximum atomic E-state index is 12.0. The van der Waals surface area contributed by atoms with Crippen LogP contribution in [0.4, 0.5) is 0 Å². The first kappa shape index (κ1) is 11.4. The highest BCUT2D eigenvalue weighted by atomic mass is 16.4. The Morgan fingerprint density at radius 3 is 2.56 bits per heavy atom. The highest BCUT2D eigenvalue weighted by Gasteiger charge is 2.38. The summed E-state index contributed by atoms with van der Waals surface area (Å²) in [4.78, 5) is 24.3. The summed E-state index contributed by atoms with van der Waals surface area (Å²) in [6.07, 6.45) is 0.183. The van der Waals surface area contributed by atoms with Gasteiger partial charge in [-0.3, -0.25) is 9.59 Å². The van der Waals surface area contributed by atoms with Crippen LogP contribution in [0.5, 0.6) is 0 Å². The first-order valence-corrected chi connectivity index (χ1v) is 5.79. The molecule has 0 bridgehead atoms. The van der Waals surface area contributed by atoms with Crippen molar-refractivity contribution in [3.05, 3.63) is 0 Å². The minimum absolute atomic E-state index is 0.0887. The number of carboxylic acids is 1. The number of carbonyl (C=O) groups is 2. The molecule has 2 fully saturated rings. The van der Waals surface area contributed by atoms with Crippen molar-refractivity contribution in [1.29, 1.82) is 0 Å². The van der Waals surface area contributed by atoms with E-state index < -0.39 is 5.97 Å². The molecule has 0 aliphatic carbocycles. The normalized spacial score (nSPS) is 30.2. The molecule has 2 aliphatic rings. The lowest BCUT2D eigenvalue weighted by atomic mass is 9.91. The summed E-state index contributed by atoms with van der Waals surface area (Å²) in [7, 11) is 0. The topological polar surface area (TPSA) is 69.6 Å². The molecule has 2 aliphatic heterocycles. The number of carboxylic acid groups (broad SMARTS) is 1. The van der Waals surface area contributed by atoms with Crippen molar-refractivity contribution in [2.24, 2.45) is 17.8 Å². The third kappa shape index (κ3) is 2.19. The van der Waals surface area contributed by atoms with Crippen LogP contribution in [0.3, 0.4) is 0 Å². The second-order valence-electron chi connectivity index (χ2n) is 4.95. The fourth-order valence-corrected chi connectivity index (χ4v) is 2.50. The molecular formula is C11H18N2O3. The van der Waals surface area contributed by atoms with Gasteiger partial charge in [-0.2, -0.15) is 0 Å². The number of nitrogens with zero attached hydrogens (tertiary/aromatic N) is 1. The molecule has 0 spiro atoms. The molecule has 0 aromatic rings. The van der Waals surface area contributed by atoms with Crippen molar-refractivity contribution < 1.29 is 14.7 Å². The Hall–Kier alpha value is -1.10. The summed E-state index contributed by atoms with van der Waals surface area (Å²) in [6.45, 7) is 4.99. The molecule has 2 saturated heterocycles. The Morgan fingerprint density at radius 1 is 1.38 bits per heavy atom. The maximum absolute atomic E-state index is 12.0. The summed E-state index contributed by atoms with van der Waals surface area (Å²) in [5.74, 6) is 0.0649. The van der Waals surface area contributed by atoms with Gasteiger partial charge in [-0.1, -0.05) is 6.92 Å². The Bertz CT molecular complexity index is 300. The number of hydrogen-bond acceptors (Lipinski definition) is 3. The minimum Gasteiger partial charge on any atom is -0.481 e. The summed E-state index contributed by atoms with van der Waals surface area (Å²) >= 11 is 0. The van der Waals surface area contributed by atoms with Gasteiger partial charge in [-0.25, -0.2) is 0 Å². The van der Waals surface area contributed by atoms with E-state index in [0.29, 0.717) is 19.0 Å². The number of nitrogens with one attached hydrogen (secondary N) is 1. The van der Waals surface area contributed by atoms with Crippen LogP contribution in [0.1, 0.15) is 13.3 Å². The Labute approximate surface area is 94.8 Å². The molecular weight excluding hydrogens is 208 g/mol. The molecule has 2 N–H and O–H groups in total. The van der Waals surface area contributed by atoms with Gasteiger partial charge < -0.3 is 15.3 Å². The van der Waals surface area contributed by atoms with E-state index in [1.165, 1.54) is 0 Å². The molecule has 2 atom stereocenters. The van der Waals surface area contributed by atoms with Crippen LogP contribution in [-0.2, 0) is 9.59 Å². The van der Waals surface area contributed by atoms with E-state index in [2.05, 4.69) is 12.2 Å². The lowest BCUT2D eigenvalue weighted by molar-refractivity contribution is -0.147. The standard InChI is InChI=1S/C11H18N2O3/c1-7-3-12-4-9(7)11(16)13-5-8(6-13)2-10(14)15/h7-9,12H,2-6H2,1H3,(H,14,15)/t7-,9-/m1/s1. The van der Waals surface area contributed by atoms with Gasteiger partial charge in [-0.05, 0) is 12.5 Å². The quantitative estimate of drug-likeness (QED) is 0.697. The molecule has 0 radical (unpaired) electrons. The van der Waals surface area contributed by atoms with Gasteiger partial charge in [0.15, 0.2) is 0 Å². The molecule has 1 amide bonds. The molecule has 2 rings (SSSR count). The second-order valence-corrected chi connectivity index (χ2v) is 4.95. The summed E-state index contributed by atoms with van der Waals surface area (Å²) < 4.78 is 0. The van der Waals surface area contributed by atoms with Crippen LogP contribution in [0.15, 0.2) is 0 Å². The SMILES string of the molecule is C[C@@H]1CNC[C@H]1C(=O)N1CC(CC(=O)O)C1. The average Bonchev–Trinajstić information content (AvgIpc) is 2.56. The van der Waals surface area contributed by atoms with E-state index in [0.717, 1.165) is 13.1 Å². The second kappa shape index (κ2) is 4.41. The largest absolute Gasteiger partial charge is 0.481 e. The van der Waals surface area contributed by atoms with E-state index in [1.54, 1.807) is 4.90 Å². The fourth-order valence-electron chi connectivity index (χ4n) is 2.50. The molecule has 0 unspecified atom stereocenters. The van der Waals surface area contributed by atoms with E-state index >= 15 is 0 Å². The lowest BCUT2D eigenvalue weighted by Gasteiger charge is -2.40. The maximum Gasteiger partial charge on any atom is 0.303 e. The van der Waals surface area contributed by atoms with Crippen LogP contribution < -0.4 is 5.32 Å². The molecule has 2 heterocycles. The Kier molecular flexibility index (Phi) is 3.14. The summed E-state index contributed by atoms with van der Waals surface area (Å²) in [5.41, 5.74) is 0. The number of hydrogen-bond donors (Lipinski definition) is 2. The first-order valence-electron chi connectivity index (χ1n) is 5.79. The first-order chi connectivity index (χ1) is 7.58. The highest BCUT2D eigenvalue weighted by molar-refractivity contribution is 5.80. The van der Waals surface area contributed by atoms with E-state index in [1.807, 2.05) is 0 Å². The van der Waals surface area contributed by atoms with Crippen molar-refractivity contribution >= 4 is 11.9 Å². The van der Waals surface area contributed by atoms with Crippen molar-refractivity contribution in [1.82, 2.24) is 10.2 Å². The van der Waals surface area contributed by atoms with E-state index in [4.69, 9.17) is 5.11 Å². The van der Waals surface area contributed by atoms with Crippen LogP contribution in [0.2, 0.25) is 0 Å². The number of rotatable bonds is 3. The zero-order chi connectivity index (χ0) is 11.7. The van der Waals surface area contributed by atoms with E-state index in [9.17, 15) is 9.59 Å². The van der Waals surface area contributed by atoms with Crippen molar-refractivity contribution in [3.63, 3.8) is 0 Å². The third-order valence-corrected chi connectivity index (χ3v) is 3.57. The monoisotopic (exact) mass is 226 g/mol. The average molecular weight is 226 g/mol. The van der Waals surface area contributed by atoms with Gasteiger partial charge in [0.25, 0.3) is 0 Å². The Morgan fingerprint density at radius 2 is 2.06 bits per heavy atom. The predicted molar refractivity (Wildman–Crippen MR) is 57.8 cm³/mol. The fraction of sp³-hybridized carbons (Fsp3) is 0.818. The summed E-state index contributed by atoms with van der Waals surface area (Å²) in [5, 5.41) is 11.8. The number of aliphatic carboxylic acids is 1.